The van der Waals surface area contributed by atoms with E-state index in [1.165, 1.54) is 46.1 Å². The number of aliphatic hydroxyl groups is 2. The molecule has 38 heavy (non-hydrogen) atoms. The molecule has 4 rings (SSSR count). The number of halogens is 1. The Balaban J connectivity index is 0.000000356. The Morgan fingerprint density at radius 2 is 1.89 bits per heavy atom. The lowest BCUT2D eigenvalue weighted by atomic mass is 9.86. The van der Waals surface area contributed by atoms with Crippen molar-refractivity contribution < 1.29 is 24.1 Å². The summed E-state index contributed by atoms with van der Waals surface area (Å²) in [7, 11) is 1.43. The largest absolute Gasteiger partial charge is 0.515 e. The van der Waals surface area contributed by atoms with Crippen LogP contribution < -0.4 is 10.6 Å². The van der Waals surface area contributed by atoms with E-state index in [9.17, 15) is 4.79 Å². The van der Waals surface area contributed by atoms with Gasteiger partial charge in [0, 0.05) is 25.4 Å². The number of aromatic amines is 1. The minimum atomic E-state index is -0.205. The molecule has 0 amide bonds. The number of aldehydes is 1. The number of allylic oxidation sites excluding steroid dienone is 1. The van der Waals surface area contributed by atoms with Crippen LogP contribution in [0.3, 0.4) is 0 Å². The highest BCUT2D eigenvalue weighted by molar-refractivity contribution is 6.11. The molecule has 2 heterocycles. The van der Waals surface area contributed by atoms with Crippen LogP contribution in [0.15, 0.2) is 24.0 Å². The molecule has 2 fully saturated rings. The van der Waals surface area contributed by atoms with Crippen LogP contribution in [0.1, 0.15) is 83.5 Å². The summed E-state index contributed by atoms with van der Waals surface area (Å²) >= 11 is 0. The van der Waals surface area contributed by atoms with Crippen LogP contribution in [-0.2, 0) is 9.53 Å². The molecule has 0 bridgehead atoms. The molecule has 1 saturated carbocycles. The summed E-state index contributed by atoms with van der Waals surface area (Å²) in [5.41, 5.74) is 8.53. The number of nitrogens with one attached hydrogen (secondary N) is 2. The van der Waals surface area contributed by atoms with Gasteiger partial charge in [-0.2, -0.15) is 0 Å². The molecule has 212 valence electrons. The first-order valence-corrected chi connectivity index (χ1v) is 13.4. The Hall–Kier alpha value is -2.82. The summed E-state index contributed by atoms with van der Waals surface area (Å²) < 4.78 is 19.3. The highest BCUT2D eigenvalue weighted by Gasteiger charge is 2.27. The van der Waals surface area contributed by atoms with Crippen molar-refractivity contribution in [2.75, 3.05) is 25.3 Å². The number of hydrogen-bond donors (Lipinski definition) is 5. The fourth-order valence-corrected chi connectivity index (χ4v) is 5.01. The lowest BCUT2D eigenvalue weighted by Gasteiger charge is -2.24. The Bertz CT molecular complexity index is 1050. The van der Waals surface area contributed by atoms with Crippen molar-refractivity contribution in [2.24, 2.45) is 11.7 Å². The zero-order valence-corrected chi connectivity index (χ0v) is 22.9. The molecule has 1 unspecified atom stereocenters. The third-order valence-corrected chi connectivity index (χ3v) is 7.25. The first-order valence-electron chi connectivity index (χ1n) is 13.4. The number of imidazole rings is 1. The number of rotatable bonds is 6. The molecule has 1 aliphatic carbocycles. The highest BCUT2D eigenvalue weighted by atomic mass is 19.1. The molecule has 1 aromatic carbocycles. The summed E-state index contributed by atoms with van der Waals surface area (Å²) in [6.45, 7) is 4.33. The van der Waals surface area contributed by atoms with E-state index < -0.39 is 0 Å². The lowest BCUT2D eigenvalue weighted by molar-refractivity contribution is -0.104. The Labute approximate surface area is 224 Å². The van der Waals surface area contributed by atoms with Crippen LogP contribution >= 0.6 is 0 Å². The molecular formula is C28H44FN5O4. The molecular weight excluding hydrogens is 489 g/mol. The normalized spacial score (nSPS) is 19.5. The van der Waals surface area contributed by atoms with Gasteiger partial charge in [0.25, 0.3) is 0 Å². The van der Waals surface area contributed by atoms with E-state index in [4.69, 9.17) is 21.4 Å². The van der Waals surface area contributed by atoms with Gasteiger partial charge in [-0.3, -0.25) is 4.79 Å². The van der Waals surface area contributed by atoms with E-state index in [0.717, 1.165) is 43.6 Å². The second-order valence-electron chi connectivity index (χ2n) is 9.98. The fraction of sp³-hybridized carbons (Fsp3) is 0.607. The van der Waals surface area contributed by atoms with Crippen molar-refractivity contribution in [3.05, 3.63) is 35.6 Å². The molecule has 2 aromatic rings. The van der Waals surface area contributed by atoms with Gasteiger partial charge in [0.05, 0.1) is 29.1 Å². The van der Waals surface area contributed by atoms with E-state index >= 15 is 4.39 Å². The van der Waals surface area contributed by atoms with Gasteiger partial charge in [0.2, 0.25) is 0 Å². The average Bonchev–Trinajstić information content (AvgIpc) is 3.52. The van der Waals surface area contributed by atoms with E-state index in [1.54, 1.807) is 0 Å². The summed E-state index contributed by atoms with van der Waals surface area (Å²) in [5, 5.41) is 22.6. The van der Waals surface area contributed by atoms with Crippen LogP contribution in [0.5, 0.6) is 0 Å². The number of methoxy groups -OCH3 is 1. The zero-order chi connectivity index (χ0) is 28.1. The Morgan fingerprint density at radius 1 is 1.26 bits per heavy atom. The third-order valence-electron chi connectivity index (χ3n) is 7.25. The minimum absolute atomic E-state index is 0.0185. The number of nitrogens with two attached hydrogens (primary N) is 1. The maximum absolute atomic E-state index is 15.2. The monoisotopic (exact) mass is 533 g/mol. The topological polar surface area (TPSA) is 149 Å². The average molecular weight is 534 g/mol. The van der Waals surface area contributed by atoms with Crippen molar-refractivity contribution in [1.29, 1.82) is 5.41 Å². The summed E-state index contributed by atoms with van der Waals surface area (Å²) in [4.78, 5) is 19.9. The van der Waals surface area contributed by atoms with Crippen molar-refractivity contribution >= 4 is 28.7 Å². The first kappa shape index (κ1) is 31.4. The predicted molar refractivity (Wildman–Crippen MR) is 149 cm³/mol. The van der Waals surface area contributed by atoms with Crippen LogP contribution in [-0.4, -0.2) is 58.7 Å². The smallest absolute Gasteiger partial charge is 0.174 e. The molecule has 0 radical (unpaired) electrons. The number of H-pyrrole nitrogens is 1. The van der Waals surface area contributed by atoms with Crippen molar-refractivity contribution in [2.45, 2.75) is 83.7 Å². The van der Waals surface area contributed by atoms with Crippen LogP contribution in [0, 0.1) is 17.1 Å². The maximum Gasteiger partial charge on any atom is 0.174 e. The number of nitrogens with zero attached hydrogens (tertiary/aromatic N) is 2. The number of carbonyl (C=O) groups excluding carboxylic acids is 1. The van der Waals surface area contributed by atoms with Crippen LogP contribution in [0.4, 0.5) is 10.1 Å². The Morgan fingerprint density at radius 3 is 2.37 bits per heavy atom. The predicted octanol–water partition coefficient (Wildman–Crippen LogP) is 5.30. The second-order valence-corrected chi connectivity index (χ2v) is 9.98. The minimum Gasteiger partial charge on any atom is -0.515 e. The second kappa shape index (κ2) is 16.2. The van der Waals surface area contributed by atoms with E-state index in [-0.39, 0.29) is 29.9 Å². The molecule has 2 atom stereocenters. The van der Waals surface area contributed by atoms with E-state index in [2.05, 4.69) is 26.5 Å². The summed E-state index contributed by atoms with van der Waals surface area (Å²) in [6.07, 6.45) is 12.0. The third kappa shape index (κ3) is 8.61. The molecule has 1 aromatic heterocycles. The van der Waals surface area contributed by atoms with Gasteiger partial charge >= 0.3 is 0 Å². The van der Waals surface area contributed by atoms with Crippen LogP contribution in [0.2, 0.25) is 0 Å². The van der Waals surface area contributed by atoms with Gasteiger partial charge in [0.15, 0.2) is 12.1 Å². The van der Waals surface area contributed by atoms with Gasteiger partial charge in [0.1, 0.15) is 18.1 Å². The lowest BCUT2D eigenvalue weighted by Crippen LogP contribution is -2.27. The maximum atomic E-state index is 15.2. The number of aromatic nitrogens is 2. The molecule has 9 nitrogen and oxygen atoms in total. The summed E-state index contributed by atoms with van der Waals surface area (Å²) in [6, 6.07) is 4.11. The quantitative estimate of drug-likeness (QED) is 0.111. The number of benzene rings is 1. The molecule has 10 heteroatoms. The number of aliphatic hydroxyl groups excluding tert-OH is 2. The van der Waals surface area contributed by atoms with Crippen molar-refractivity contribution in [3.8, 4) is 0 Å². The standard InChI is InChI=1S/C21H31FN4.C5H7NO2.C2H6O2/c1-14-8-7-13-26(14)17-12-11-16-20(18(17)22)25-21(24-16)19(23)15-9-5-3-2-4-6-10-15;1-4(6)5(2-7)3-8;1-4-2-3/h11-12,14-15,19H,2-10,13,23H2,1H3,(H,24,25);2-3,6-7H,1H3;3H,2H2,1H3/b;5-2-,6-4?;/t14-,19?;;/m1../s1. The molecule has 2 aliphatic rings. The van der Waals surface area contributed by atoms with Crippen LogP contribution in [0.25, 0.3) is 11.0 Å². The van der Waals surface area contributed by atoms with Gasteiger partial charge in [-0.05, 0) is 57.6 Å². The molecule has 0 spiro atoms. The number of hydrogen-bond acceptors (Lipinski definition) is 8. The molecule has 1 aliphatic heterocycles. The van der Waals surface area contributed by atoms with Gasteiger partial charge in [-0.15, -0.1) is 0 Å². The SMILES string of the molecule is CC(=N)/C(C=O)=C\O.COCO.C[C@@H]1CCCN1c1ccc2[nH]c(C(N)C3CCCCCCC3)nc2c1F. The molecule has 1 saturated heterocycles. The zero-order valence-electron chi connectivity index (χ0n) is 22.9. The van der Waals surface area contributed by atoms with Crippen molar-refractivity contribution in [1.82, 2.24) is 9.97 Å². The Kier molecular flexibility index (Phi) is 13.4. The van der Waals surface area contributed by atoms with Gasteiger partial charge in [-0.25, -0.2) is 9.37 Å². The van der Waals surface area contributed by atoms with Crippen molar-refractivity contribution in [3.63, 3.8) is 0 Å². The van der Waals surface area contributed by atoms with E-state index in [1.807, 2.05) is 12.1 Å². The van der Waals surface area contributed by atoms with Gasteiger partial charge in [-0.1, -0.05) is 32.1 Å². The number of anilines is 1. The number of carbonyl (C=O) groups is 1. The molecule has 6 N–H and O–H groups in total. The van der Waals surface area contributed by atoms with Gasteiger partial charge < -0.3 is 36.0 Å². The fourth-order valence-electron chi connectivity index (χ4n) is 5.01. The number of ether oxygens (including phenoxy) is 1. The highest BCUT2D eigenvalue weighted by Crippen LogP contribution is 2.34. The van der Waals surface area contributed by atoms with E-state index in [0.29, 0.717) is 35.7 Å². The first-order chi connectivity index (χ1) is 18.3. The summed E-state index contributed by atoms with van der Waals surface area (Å²) in [5.74, 6) is 0.983. The number of fused-ring (bicyclic) bond motifs is 1.